The Bertz CT molecular complexity index is 250. The van der Waals surface area contributed by atoms with Crippen LogP contribution in [-0.4, -0.2) is 25.0 Å². The summed E-state index contributed by atoms with van der Waals surface area (Å²) < 4.78 is 25.4. The first-order valence-corrected chi connectivity index (χ1v) is 7.34. The van der Waals surface area contributed by atoms with Crippen LogP contribution in [0.5, 0.6) is 0 Å². The van der Waals surface area contributed by atoms with Crippen LogP contribution in [-0.2, 0) is 10.0 Å². The Kier molecular flexibility index (Phi) is 6.25. The van der Waals surface area contributed by atoms with Crippen LogP contribution in [0.4, 0.5) is 0 Å². The lowest BCUT2D eigenvalue weighted by molar-refractivity contribution is 0.547. The second kappa shape index (κ2) is 6.08. The smallest absolute Gasteiger partial charge is 0.213 e. The van der Waals surface area contributed by atoms with E-state index in [1.54, 1.807) is 13.8 Å². The molecule has 1 unspecified atom stereocenters. The summed E-state index contributed by atoms with van der Waals surface area (Å²) in [4.78, 5) is 0.219. The van der Waals surface area contributed by atoms with Crippen molar-refractivity contribution in [3.8, 4) is 0 Å². The molecule has 86 valence electrons. The molecular formula is C9H20BrNO2S. The van der Waals surface area contributed by atoms with Crippen molar-refractivity contribution in [3.63, 3.8) is 0 Å². The van der Waals surface area contributed by atoms with E-state index in [2.05, 4.69) is 34.5 Å². The number of hydrogen-bond acceptors (Lipinski definition) is 2. The normalized spacial score (nSPS) is 15.1. The van der Waals surface area contributed by atoms with Crippen molar-refractivity contribution in [1.29, 1.82) is 0 Å². The molecule has 0 aliphatic rings. The Morgan fingerprint density at radius 3 is 2.07 bits per heavy atom. The Hall–Kier alpha value is 0.390. The van der Waals surface area contributed by atoms with Gasteiger partial charge in [0.25, 0.3) is 0 Å². The maximum absolute atomic E-state index is 11.4. The van der Waals surface area contributed by atoms with Crippen molar-refractivity contribution in [2.24, 2.45) is 5.92 Å². The van der Waals surface area contributed by atoms with Crippen LogP contribution in [0.1, 0.15) is 34.1 Å². The highest BCUT2D eigenvalue weighted by Gasteiger charge is 2.17. The molecule has 5 heteroatoms. The zero-order valence-electron chi connectivity index (χ0n) is 9.25. The number of hydrogen-bond donors (Lipinski definition) is 1. The van der Waals surface area contributed by atoms with E-state index >= 15 is 0 Å². The molecule has 0 amide bonds. The molecule has 1 atom stereocenters. The first-order chi connectivity index (χ1) is 6.25. The molecule has 3 nitrogen and oxygen atoms in total. The van der Waals surface area contributed by atoms with Gasteiger partial charge in [-0.2, -0.15) is 0 Å². The molecule has 14 heavy (non-hydrogen) atoms. The Labute approximate surface area is 95.8 Å². The van der Waals surface area contributed by atoms with Gasteiger partial charge in [0.15, 0.2) is 0 Å². The van der Waals surface area contributed by atoms with Gasteiger partial charge in [-0.1, -0.05) is 29.8 Å². The third kappa shape index (κ3) is 5.98. The van der Waals surface area contributed by atoms with Gasteiger partial charge in [0, 0.05) is 11.4 Å². The van der Waals surface area contributed by atoms with E-state index < -0.39 is 10.0 Å². The summed E-state index contributed by atoms with van der Waals surface area (Å²) in [6, 6.07) is 0. The molecule has 1 N–H and O–H groups in total. The van der Waals surface area contributed by atoms with Crippen LogP contribution in [0, 0.1) is 5.92 Å². The first kappa shape index (κ1) is 14.4. The van der Waals surface area contributed by atoms with E-state index in [1.807, 2.05) is 0 Å². The molecule has 0 aromatic carbocycles. The minimum absolute atomic E-state index is 0.219. The summed E-state index contributed by atoms with van der Waals surface area (Å²) in [6.07, 6.45) is 0.973. The average molecular weight is 286 g/mol. The van der Waals surface area contributed by atoms with E-state index in [0.717, 1.165) is 6.42 Å². The summed E-state index contributed by atoms with van der Waals surface area (Å²) in [5.41, 5.74) is 0. The van der Waals surface area contributed by atoms with Gasteiger partial charge < -0.3 is 0 Å². The van der Waals surface area contributed by atoms with Crippen molar-refractivity contribution in [1.82, 2.24) is 4.72 Å². The molecular weight excluding hydrogens is 266 g/mol. The van der Waals surface area contributed by atoms with Crippen LogP contribution in [0.3, 0.4) is 0 Å². The fourth-order valence-corrected chi connectivity index (χ4v) is 2.86. The summed E-state index contributed by atoms with van der Waals surface area (Å²) in [6.45, 7) is 8.05. The van der Waals surface area contributed by atoms with Crippen molar-refractivity contribution < 1.29 is 8.42 Å². The average Bonchev–Trinajstić information content (AvgIpc) is 1.99. The molecule has 0 aliphatic carbocycles. The van der Waals surface area contributed by atoms with E-state index in [4.69, 9.17) is 0 Å². The molecule has 0 bridgehead atoms. The predicted octanol–water partition coefficient (Wildman–Crippen LogP) is 2.12. The van der Waals surface area contributed by atoms with Crippen LogP contribution in [0.2, 0.25) is 0 Å². The van der Waals surface area contributed by atoms with E-state index in [-0.39, 0.29) is 10.1 Å². The van der Waals surface area contributed by atoms with Gasteiger partial charge in [-0.25, -0.2) is 13.1 Å². The molecule has 0 saturated carbocycles. The molecule has 0 saturated heterocycles. The van der Waals surface area contributed by atoms with E-state index in [9.17, 15) is 8.42 Å². The lowest BCUT2D eigenvalue weighted by Crippen LogP contribution is -2.35. The molecule has 0 aromatic heterocycles. The third-order valence-corrected chi connectivity index (χ3v) is 4.36. The van der Waals surface area contributed by atoms with Gasteiger partial charge in [0.2, 0.25) is 10.0 Å². The Morgan fingerprint density at radius 1 is 1.21 bits per heavy atom. The maximum Gasteiger partial charge on any atom is 0.213 e. The van der Waals surface area contributed by atoms with Crippen LogP contribution in [0.25, 0.3) is 0 Å². The van der Waals surface area contributed by atoms with E-state index in [1.165, 1.54) is 0 Å². The monoisotopic (exact) mass is 285 g/mol. The molecule has 0 aliphatic heterocycles. The highest BCUT2D eigenvalue weighted by atomic mass is 79.9. The van der Waals surface area contributed by atoms with Crippen molar-refractivity contribution in [3.05, 3.63) is 0 Å². The SMILES string of the molecule is CC(C)CC(Br)CNS(=O)(=O)C(C)C. The van der Waals surface area contributed by atoms with Crippen molar-refractivity contribution in [2.45, 2.75) is 44.2 Å². The summed E-state index contributed by atoms with van der Waals surface area (Å²) >= 11 is 3.45. The standard InChI is InChI=1S/C9H20BrNO2S/c1-7(2)5-9(10)6-11-14(12,13)8(3)4/h7-9,11H,5-6H2,1-4H3. The van der Waals surface area contributed by atoms with Crippen molar-refractivity contribution in [2.75, 3.05) is 6.54 Å². The first-order valence-electron chi connectivity index (χ1n) is 4.88. The largest absolute Gasteiger partial charge is 0.214 e. The highest BCUT2D eigenvalue weighted by molar-refractivity contribution is 9.09. The molecule has 0 spiro atoms. The number of alkyl halides is 1. The Balaban J connectivity index is 3.95. The molecule has 0 heterocycles. The number of nitrogens with one attached hydrogen (secondary N) is 1. The fourth-order valence-electron chi connectivity index (χ4n) is 0.968. The molecule has 0 fully saturated rings. The quantitative estimate of drug-likeness (QED) is 0.760. The fraction of sp³-hybridized carbons (Fsp3) is 1.00. The lowest BCUT2D eigenvalue weighted by Gasteiger charge is -2.14. The topological polar surface area (TPSA) is 46.2 Å². The molecule has 0 rings (SSSR count). The second-order valence-corrected chi connectivity index (χ2v) is 7.79. The summed E-state index contributed by atoms with van der Waals surface area (Å²) in [7, 11) is -3.11. The van der Waals surface area contributed by atoms with Gasteiger partial charge in [0.1, 0.15) is 0 Å². The van der Waals surface area contributed by atoms with Crippen LogP contribution >= 0.6 is 15.9 Å². The summed E-state index contributed by atoms with van der Waals surface area (Å²) in [5.74, 6) is 0.572. The second-order valence-electron chi connectivity index (χ2n) is 4.17. The maximum atomic E-state index is 11.4. The Morgan fingerprint density at radius 2 is 1.71 bits per heavy atom. The van der Waals surface area contributed by atoms with Crippen LogP contribution < -0.4 is 4.72 Å². The number of sulfonamides is 1. The molecule has 0 aromatic rings. The number of rotatable bonds is 6. The third-order valence-electron chi connectivity index (χ3n) is 1.85. The predicted molar refractivity (Wildman–Crippen MR) is 64.2 cm³/mol. The van der Waals surface area contributed by atoms with Crippen molar-refractivity contribution >= 4 is 26.0 Å². The van der Waals surface area contributed by atoms with Gasteiger partial charge in [0.05, 0.1) is 5.25 Å². The zero-order chi connectivity index (χ0) is 11.4. The minimum atomic E-state index is -3.11. The van der Waals surface area contributed by atoms with Gasteiger partial charge in [-0.15, -0.1) is 0 Å². The minimum Gasteiger partial charge on any atom is -0.214 e. The highest BCUT2D eigenvalue weighted by Crippen LogP contribution is 2.12. The number of halogens is 1. The molecule has 0 radical (unpaired) electrons. The zero-order valence-corrected chi connectivity index (χ0v) is 11.7. The lowest BCUT2D eigenvalue weighted by atomic mass is 10.1. The summed E-state index contributed by atoms with van der Waals surface area (Å²) in [5, 5.41) is -0.360. The van der Waals surface area contributed by atoms with Gasteiger partial charge in [-0.3, -0.25) is 0 Å². The van der Waals surface area contributed by atoms with Gasteiger partial charge in [-0.05, 0) is 26.2 Å². The van der Waals surface area contributed by atoms with Gasteiger partial charge >= 0.3 is 0 Å². The van der Waals surface area contributed by atoms with E-state index in [0.29, 0.717) is 12.5 Å². The van der Waals surface area contributed by atoms with Crippen LogP contribution in [0.15, 0.2) is 0 Å².